The van der Waals surface area contributed by atoms with E-state index in [9.17, 15) is 0 Å². The molecule has 0 aliphatic rings. The minimum atomic E-state index is 0.294. The third kappa shape index (κ3) is 3.17. The molecule has 17 heavy (non-hydrogen) atoms. The van der Waals surface area contributed by atoms with Gasteiger partial charge >= 0.3 is 0 Å². The van der Waals surface area contributed by atoms with Crippen LogP contribution in [0.1, 0.15) is 35.7 Å². The van der Waals surface area contributed by atoms with Crippen LogP contribution < -0.4 is 5.32 Å². The summed E-state index contributed by atoms with van der Waals surface area (Å²) in [4.78, 5) is 4.17. The Morgan fingerprint density at radius 1 is 1.35 bits per heavy atom. The molecule has 0 saturated carbocycles. The summed E-state index contributed by atoms with van der Waals surface area (Å²) in [6.45, 7) is 6.81. The van der Waals surface area contributed by atoms with Crippen LogP contribution in [0.2, 0.25) is 0 Å². The van der Waals surface area contributed by atoms with Gasteiger partial charge in [0.1, 0.15) is 5.76 Å². The molecule has 1 unspecified atom stereocenters. The van der Waals surface area contributed by atoms with Crippen molar-refractivity contribution in [2.75, 3.05) is 0 Å². The Labute approximate surface area is 102 Å². The molecule has 90 valence electrons. The minimum absolute atomic E-state index is 0.294. The molecule has 1 atom stereocenters. The van der Waals surface area contributed by atoms with Gasteiger partial charge in [0.05, 0.1) is 12.7 Å². The first kappa shape index (κ1) is 11.9. The van der Waals surface area contributed by atoms with Crippen LogP contribution >= 0.6 is 0 Å². The molecule has 0 radical (unpaired) electrons. The summed E-state index contributed by atoms with van der Waals surface area (Å²) in [5.74, 6) is 1.59. The maximum absolute atomic E-state index is 5.42. The Hall–Kier alpha value is -1.61. The van der Waals surface area contributed by atoms with E-state index in [-0.39, 0.29) is 0 Å². The summed E-state index contributed by atoms with van der Waals surface area (Å²) >= 11 is 0. The second kappa shape index (κ2) is 5.15. The Balaban J connectivity index is 1.95. The van der Waals surface area contributed by atoms with E-state index in [0.717, 1.165) is 11.7 Å². The number of nitrogens with one attached hydrogen (secondary N) is 1. The van der Waals surface area contributed by atoms with Crippen molar-refractivity contribution in [3.05, 3.63) is 53.2 Å². The lowest BCUT2D eigenvalue weighted by Crippen LogP contribution is -2.18. The fourth-order valence-corrected chi connectivity index (χ4v) is 1.78. The molecule has 0 aliphatic heterocycles. The van der Waals surface area contributed by atoms with Gasteiger partial charge in [-0.1, -0.05) is 29.8 Å². The lowest BCUT2D eigenvalue weighted by Gasteiger charge is -2.13. The highest BCUT2D eigenvalue weighted by atomic mass is 16.4. The summed E-state index contributed by atoms with van der Waals surface area (Å²) in [7, 11) is 0. The standard InChI is InChI=1S/C14H18N2O/c1-10-5-4-6-13(7-10)12(3)15-9-14-16-8-11(2)17-14/h4-8,12,15H,9H2,1-3H3. The number of rotatable bonds is 4. The monoisotopic (exact) mass is 230 g/mol. The van der Waals surface area contributed by atoms with E-state index in [1.165, 1.54) is 11.1 Å². The molecule has 1 aromatic heterocycles. The Morgan fingerprint density at radius 3 is 2.82 bits per heavy atom. The van der Waals surface area contributed by atoms with E-state index in [1.807, 2.05) is 6.92 Å². The van der Waals surface area contributed by atoms with E-state index in [4.69, 9.17) is 4.42 Å². The Morgan fingerprint density at radius 2 is 2.18 bits per heavy atom. The molecule has 1 aromatic carbocycles. The fourth-order valence-electron chi connectivity index (χ4n) is 1.78. The predicted molar refractivity (Wildman–Crippen MR) is 67.7 cm³/mol. The normalized spacial score (nSPS) is 12.6. The second-order valence-electron chi connectivity index (χ2n) is 4.38. The van der Waals surface area contributed by atoms with E-state index in [1.54, 1.807) is 6.20 Å². The lowest BCUT2D eigenvalue weighted by atomic mass is 10.1. The Kier molecular flexibility index (Phi) is 3.59. The van der Waals surface area contributed by atoms with Crippen molar-refractivity contribution in [1.29, 1.82) is 0 Å². The molecule has 2 aromatic rings. The van der Waals surface area contributed by atoms with Crippen LogP contribution in [-0.2, 0) is 6.54 Å². The van der Waals surface area contributed by atoms with Crippen LogP contribution in [0.3, 0.4) is 0 Å². The van der Waals surface area contributed by atoms with Gasteiger partial charge in [-0.05, 0) is 26.3 Å². The molecular formula is C14H18N2O. The molecule has 3 heteroatoms. The van der Waals surface area contributed by atoms with Crippen molar-refractivity contribution in [1.82, 2.24) is 10.3 Å². The third-order valence-corrected chi connectivity index (χ3v) is 2.77. The molecule has 0 spiro atoms. The first-order valence-electron chi connectivity index (χ1n) is 5.86. The SMILES string of the molecule is Cc1cccc(C(C)NCc2ncc(C)o2)c1. The zero-order chi connectivity index (χ0) is 12.3. The minimum Gasteiger partial charge on any atom is -0.445 e. The summed E-state index contributed by atoms with van der Waals surface area (Å²) in [5.41, 5.74) is 2.57. The van der Waals surface area contributed by atoms with E-state index in [0.29, 0.717) is 12.6 Å². The lowest BCUT2D eigenvalue weighted by molar-refractivity contribution is 0.432. The highest BCUT2D eigenvalue weighted by Crippen LogP contribution is 2.14. The predicted octanol–water partition coefficient (Wildman–Crippen LogP) is 3.14. The molecule has 3 nitrogen and oxygen atoms in total. The van der Waals surface area contributed by atoms with Crippen molar-refractivity contribution in [2.45, 2.75) is 33.4 Å². The number of aromatic nitrogens is 1. The highest BCUT2D eigenvalue weighted by molar-refractivity contribution is 5.24. The third-order valence-electron chi connectivity index (χ3n) is 2.77. The Bertz CT molecular complexity index is 490. The van der Waals surface area contributed by atoms with Gasteiger partial charge in [-0.3, -0.25) is 0 Å². The van der Waals surface area contributed by atoms with E-state index in [2.05, 4.69) is 48.4 Å². The molecule has 0 bridgehead atoms. The fraction of sp³-hybridized carbons (Fsp3) is 0.357. The molecular weight excluding hydrogens is 212 g/mol. The van der Waals surface area contributed by atoms with Gasteiger partial charge in [-0.2, -0.15) is 0 Å². The average molecular weight is 230 g/mol. The quantitative estimate of drug-likeness (QED) is 0.876. The maximum atomic E-state index is 5.42. The largest absolute Gasteiger partial charge is 0.445 e. The van der Waals surface area contributed by atoms with Gasteiger partial charge in [-0.15, -0.1) is 0 Å². The molecule has 0 saturated heterocycles. The smallest absolute Gasteiger partial charge is 0.208 e. The van der Waals surface area contributed by atoms with Crippen molar-refractivity contribution in [2.24, 2.45) is 0 Å². The number of aryl methyl sites for hydroxylation is 2. The van der Waals surface area contributed by atoms with Gasteiger partial charge in [0.25, 0.3) is 0 Å². The number of hydrogen-bond acceptors (Lipinski definition) is 3. The van der Waals surface area contributed by atoms with Gasteiger partial charge < -0.3 is 9.73 Å². The topological polar surface area (TPSA) is 38.1 Å². The zero-order valence-corrected chi connectivity index (χ0v) is 10.5. The van der Waals surface area contributed by atoms with Crippen LogP contribution in [0.15, 0.2) is 34.9 Å². The van der Waals surface area contributed by atoms with E-state index < -0.39 is 0 Å². The molecule has 0 aliphatic carbocycles. The van der Waals surface area contributed by atoms with Crippen LogP contribution in [-0.4, -0.2) is 4.98 Å². The number of benzene rings is 1. The highest BCUT2D eigenvalue weighted by Gasteiger charge is 2.06. The molecule has 2 rings (SSSR count). The number of hydrogen-bond donors (Lipinski definition) is 1. The van der Waals surface area contributed by atoms with Crippen molar-refractivity contribution in [3.8, 4) is 0 Å². The summed E-state index contributed by atoms with van der Waals surface area (Å²) in [6, 6.07) is 8.80. The van der Waals surface area contributed by atoms with Gasteiger partial charge in [0.2, 0.25) is 5.89 Å². The van der Waals surface area contributed by atoms with Gasteiger partial charge in [0.15, 0.2) is 0 Å². The first-order chi connectivity index (χ1) is 8.15. The van der Waals surface area contributed by atoms with Crippen LogP contribution in [0.5, 0.6) is 0 Å². The molecule has 1 N–H and O–H groups in total. The first-order valence-corrected chi connectivity index (χ1v) is 5.86. The molecule has 1 heterocycles. The van der Waals surface area contributed by atoms with Crippen molar-refractivity contribution >= 4 is 0 Å². The van der Waals surface area contributed by atoms with Crippen LogP contribution in [0.25, 0.3) is 0 Å². The van der Waals surface area contributed by atoms with Crippen LogP contribution in [0, 0.1) is 13.8 Å². The number of nitrogens with zero attached hydrogens (tertiary/aromatic N) is 1. The summed E-state index contributed by atoms with van der Waals surface area (Å²) in [6.07, 6.45) is 1.74. The second-order valence-corrected chi connectivity index (χ2v) is 4.38. The molecule has 0 amide bonds. The maximum Gasteiger partial charge on any atom is 0.208 e. The summed E-state index contributed by atoms with van der Waals surface area (Å²) < 4.78 is 5.42. The van der Waals surface area contributed by atoms with Gasteiger partial charge in [-0.25, -0.2) is 4.98 Å². The van der Waals surface area contributed by atoms with Crippen molar-refractivity contribution < 1.29 is 4.42 Å². The van der Waals surface area contributed by atoms with Crippen molar-refractivity contribution in [3.63, 3.8) is 0 Å². The van der Waals surface area contributed by atoms with E-state index >= 15 is 0 Å². The average Bonchev–Trinajstić information content (AvgIpc) is 2.72. The summed E-state index contributed by atoms with van der Waals surface area (Å²) in [5, 5.41) is 3.40. The molecule has 0 fully saturated rings. The van der Waals surface area contributed by atoms with Gasteiger partial charge in [0, 0.05) is 6.04 Å². The van der Waals surface area contributed by atoms with Crippen LogP contribution in [0.4, 0.5) is 0 Å². The zero-order valence-electron chi connectivity index (χ0n) is 10.5. The number of oxazole rings is 1.